The summed E-state index contributed by atoms with van der Waals surface area (Å²) in [5.41, 5.74) is 3.39. The molecule has 1 atom stereocenters. The molecule has 6 heteroatoms. The predicted molar refractivity (Wildman–Crippen MR) is 118 cm³/mol. The number of carbonyl (C=O) groups is 2. The maximum absolute atomic E-state index is 13.1. The predicted octanol–water partition coefficient (Wildman–Crippen LogP) is 3.62. The lowest BCUT2D eigenvalue weighted by Gasteiger charge is -2.33. The molecule has 1 spiro atoms. The number of aromatic nitrogens is 1. The van der Waals surface area contributed by atoms with Gasteiger partial charge in [0.1, 0.15) is 0 Å². The Hall–Kier alpha value is -2.21. The number of thiophene rings is 1. The smallest absolute Gasteiger partial charge is 0.254 e. The number of hydrogen-bond acceptors (Lipinski definition) is 4. The third kappa shape index (κ3) is 3.78. The minimum Gasteiger partial charge on any atom is -0.355 e. The molecule has 0 unspecified atom stereocenters. The van der Waals surface area contributed by atoms with E-state index in [1.165, 1.54) is 23.3 Å². The first kappa shape index (κ1) is 19.7. The summed E-state index contributed by atoms with van der Waals surface area (Å²) in [5, 5.41) is 5.18. The zero-order valence-electron chi connectivity index (χ0n) is 17.4. The van der Waals surface area contributed by atoms with Crippen LogP contribution in [0.3, 0.4) is 0 Å². The minimum atomic E-state index is 0.118. The van der Waals surface area contributed by atoms with Crippen LogP contribution in [0.1, 0.15) is 58.6 Å². The highest BCUT2D eigenvalue weighted by atomic mass is 32.1. The lowest BCUT2D eigenvalue weighted by molar-refractivity contribution is -0.123. The van der Waals surface area contributed by atoms with Crippen LogP contribution in [0.15, 0.2) is 29.8 Å². The van der Waals surface area contributed by atoms with Crippen molar-refractivity contribution in [2.75, 3.05) is 19.6 Å². The van der Waals surface area contributed by atoms with Crippen molar-refractivity contribution in [2.24, 2.45) is 11.3 Å². The average molecular weight is 424 g/mol. The summed E-state index contributed by atoms with van der Waals surface area (Å²) in [6, 6.07) is 5.86. The third-order valence-corrected chi connectivity index (χ3v) is 8.34. The molecule has 1 saturated heterocycles. The Morgan fingerprint density at radius 1 is 1.20 bits per heavy atom. The topological polar surface area (TPSA) is 62.3 Å². The minimum absolute atomic E-state index is 0.118. The number of pyridine rings is 1. The summed E-state index contributed by atoms with van der Waals surface area (Å²) < 4.78 is 0. The summed E-state index contributed by atoms with van der Waals surface area (Å²) in [7, 11) is 0. The van der Waals surface area contributed by atoms with Crippen molar-refractivity contribution in [3.8, 4) is 0 Å². The van der Waals surface area contributed by atoms with Gasteiger partial charge in [0.25, 0.3) is 5.91 Å². The first-order chi connectivity index (χ1) is 14.7. The Kier molecular flexibility index (Phi) is 5.35. The zero-order valence-corrected chi connectivity index (χ0v) is 18.2. The van der Waals surface area contributed by atoms with E-state index in [-0.39, 0.29) is 23.1 Å². The van der Waals surface area contributed by atoms with Gasteiger partial charge in [0.05, 0.1) is 5.56 Å². The molecule has 2 aromatic heterocycles. The van der Waals surface area contributed by atoms with Gasteiger partial charge in [0.2, 0.25) is 5.91 Å². The molecule has 5 nitrogen and oxygen atoms in total. The lowest BCUT2D eigenvalue weighted by Crippen LogP contribution is -2.41. The first-order valence-electron chi connectivity index (χ1n) is 11.2. The van der Waals surface area contributed by atoms with Crippen LogP contribution < -0.4 is 5.32 Å². The van der Waals surface area contributed by atoms with E-state index in [0.29, 0.717) is 6.54 Å². The number of nitrogens with one attached hydrogen (secondary N) is 1. The Labute approximate surface area is 181 Å². The number of piperidine rings is 1. The normalized spacial score (nSPS) is 21.9. The van der Waals surface area contributed by atoms with E-state index < -0.39 is 0 Å². The Morgan fingerprint density at radius 2 is 2.03 bits per heavy atom. The molecule has 2 fully saturated rings. The second kappa shape index (κ2) is 8.14. The van der Waals surface area contributed by atoms with Crippen LogP contribution in [0.4, 0.5) is 0 Å². The number of rotatable bonds is 5. The number of amides is 2. The van der Waals surface area contributed by atoms with Crippen molar-refractivity contribution < 1.29 is 9.59 Å². The van der Waals surface area contributed by atoms with E-state index in [1.54, 1.807) is 17.5 Å². The second-order valence-corrected chi connectivity index (χ2v) is 10.00. The molecule has 0 bridgehead atoms. The van der Waals surface area contributed by atoms with Gasteiger partial charge in [0, 0.05) is 54.1 Å². The quantitative estimate of drug-likeness (QED) is 0.799. The number of nitrogens with zero attached hydrogens (tertiary/aromatic N) is 2. The summed E-state index contributed by atoms with van der Waals surface area (Å²) >= 11 is 1.76. The highest BCUT2D eigenvalue weighted by Gasteiger charge is 2.58. The SMILES string of the molecule is O=C(NCCc1ccccn1)[C@H]1CC12CCN(C(=O)c1csc3c1CCCC3)CC2. The number of hydrogen-bond donors (Lipinski definition) is 1. The van der Waals surface area contributed by atoms with E-state index in [4.69, 9.17) is 0 Å². The van der Waals surface area contributed by atoms with Crippen LogP contribution >= 0.6 is 11.3 Å². The molecule has 3 aliphatic rings. The monoisotopic (exact) mass is 423 g/mol. The second-order valence-electron chi connectivity index (χ2n) is 9.03. The van der Waals surface area contributed by atoms with Crippen molar-refractivity contribution in [1.82, 2.24) is 15.2 Å². The highest BCUT2D eigenvalue weighted by Crippen LogP contribution is 2.59. The van der Waals surface area contributed by atoms with Gasteiger partial charge in [-0.3, -0.25) is 14.6 Å². The summed E-state index contributed by atoms with van der Waals surface area (Å²) in [4.78, 5) is 33.5. The van der Waals surface area contributed by atoms with Gasteiger partial charge in [0.15, 0.2) is 0 Å². The summed E-state index contributed by atoms with van der Waals surface area (Å²) in [6.07, 6.45) is 10.0. The molecule has 3 heterocycles. The molecule has 2 aromatic rings. The fourth-order valence-corrected chi connectivity index (χ4v) is 6.37. The van der Waals surface area contributed by atoms with Crippen molar-refractivity contribution in [2.45, 2.75) is 51.4 Å². The zero-order chi connectivity index (χ0) is 20.6. The Bertz CT molecular complexity index is 931. The van der Waals surface area contributed by atoms with Gasteiger partial charge in [-0.1, -0.05) is 6.07 Å². The molecule has 1 aliphatic heterocycles. The number of aryl methyl sites for hydroxylation is 1. The molecular weight excluding hydrogens is 394 g/mol. The molecule has 0 aromatic carbocycles. The van der Waals surface area contributed by atoms with Gasteiger partial charge in [-0.2, -0.15) is 0 Å². The first-order valence-corrected chi connectivity index (χ1v) is 12.1. The fraction of sp³-hybridized carbons (Fsp3) is 0.542. The molecule has 5 rings (SSSR count). The van der Waals surface area contributed by atoms with Gasteiger partial charge in [-0.25, -0.2) is 0 Å². The molecule has 1 saturated carbocycles. The van der Waals surface area contributed by atoms with Crippen LogP contribution in [-0.4, -0.2) is 41.3 Å². The lowest BCUT2D eigenvalue weighted by atomic mass is 9.89. The van der Waals surface area contributed by atoms with Crippen LogP contribution in [0.25, 0.3) is 0 Å². The Morgan fingerprint density at radius 3 is 2.83 bits per heavy atom. The molecule has 0 radical (unpaired) electrons. The van der Waals surface area contributed by atoms with E-state index >= 15 is 0 Å². The van der Waals surface area contributed by atoms with Gasteiger partial charge in [-0.05, 0) is 68.1 Å². The maximum atomic E-state index is 13.1. The van der Waals surface area contributed by atoms with Gasteiger partial charge in [-0.15, -0.1) is 11.3 Å². The molecule has 1 N–H and O–H groups in total. The van der Waals surface area contributed by atoms with E-state index in [1.807, 2.05) is 23.1 Å². The van der Waals surface area contributed by atoms with Gasteiger partial charge >= 0.3 is 0 Å². The largest absolute Gasteiger partial charge is 0.355 e. The van der Waals surface area contributed by atoms with Crippen molar-refractivity contribution in [3.63, 3.8) is 0 Å². The van der Waals surface area contributed by atoms with Crippen molar-refractivity contribution in [1.29, 1.82) is 0 Å². The van der Waals surface area contributed by atoms with Crippen molar-refractivity contribution in [3.05, 3.63) is 51.5 Å². The van der Waals surface area contributed by atoms with Crippen LogP contribution in [0.2, 0.25) is 0 Å². The molecular formula is C24H29N3O2S. The van der Waals surface area contributed by atoms with Crippen LogP contribution in [0.5, 0.6) is 0 Å². The van der Waals surface area contributed by atoms with E-state index in [0.717, 1.165) is 62.9 Å². The van der Waals surface area contributed by atoms with E-state index in [2.05, 4.69) is 15.7 Å². The van der Waals surface area contributed by atoms with Crippen LogP contribution in [0, 0.1) is 11.3 Å². The van der Waals surface area contributed by atoms with E-state index in [9.17, 15) is 9.59 Å². The Balaban J connectivity index is 1.12. The number of fused-ring (bicyclic) bond motifs is 1. The number of likely N-dealkylation sites (tertiary alicyclic amines) is 1. The third-order valence-electron chi connectivity index (χ3n) is 7.25. The van der Waals surface area contributed by atoms with Crippen LogP contribution in [-0.2, 0) is 24.1 Å². The highest BCUT2D eigenvalue weighted by molar-refractivity contribution is 7.10. The summed E-state index contributed by atoms with van der Waals surface area (Å²) in [6.45, 7) is 2.19. The van der Waals surface area contributed by atoms with Gasteiger partial charge < -0.3 is 10.2 Å². The standard InChI is InChI=1S/C24H29N3O2S/c28-22(26-12-8-17-5-3-4-11-25-17)20-15-24(20)9-13-27(14-10-24)23(29)19-16-30-21-7-2-1-6-18(19)21/h3-5,11,16,20H,1-2,6-10,12-15H2,(H,26,28)/t20-/m1/s1. The summed E-state index contributed by atoms with van der Waals surface area (Å²) in [5.74, 6) is 0.506. The number of carbonyl (C=O) groups excluding carboxylic acids is 2. The molecule has 2 amide bonds. The molecule has 30 heavy (non-hydrogen) atoms. The van der Waals surface area contributed by atoms with Crippen molar-refractivity contribution >= 4 is 23.2 Å². The average Bonchev–Trinajstić information content (AvgIpc) is 3.31. The fourth-order valence-electron chi connectivity index (χ4n) is 5.25. The maximum Gasteiger partial charge on any atom is 0.254 e. The molecule has 158 valence electrons. The molecule has 2 aliphatic carbocycles.